The Morgan fingerprint density at radius 1 is 1.25 bits per heavy atom. The van der Waals surface area contributed by atoms with Gasteiger partial charge in [-0.15, -0.1) is 0 Å². The molecule has 1 aromatic rings. The molecule has 0 aromatic carbocycles. The molecule has 0 saturated heterocycles. The predicted octanol–water partition coefficient (Wildman–Crippen LogP) is 3.17. The van der Waals surface area contributed by atoms with Gasteiger partial charge in [0.05, 0.1) is 36.8 Å². The Labute approximate surface area is 138 Å². The van der Waals surface area contributed by atoms with Gasteiger partial charge in [0.15, 0.2) is 5.69 Å². The lowest BCUT2D eigenvalue weighted by atomic mass is 10.2. The predicted molar refractivity (Wildman–Crippen MR) is 80.1 cm³/mol. The lowest BCUT2D eigenvalue weighted by molar-refractivity contribution is -0.141. The summed E-state index contributed by atoms with van der Waals surface area (Å²) in [6, 6.07) is -0.718. The molecule has 9 heteroatoms. The Kier molecular flexibility index (Phi) is 6.15. The van der Waals surface area contributed by atoms with Crippen LogP contribution in [0.1, 0.15) is 52.0 Å². The van der Waals surface area contributed by atoms with E-state index < -0.39 is 35.7 Å². The molecule has 0 bridgehead atoms. The quantitative estimate of drug-likeness (QED) is 0.904. The van der Waals surface area contributed by atoms with Gasteiger partial charge in [-0.05, 0) is 34.6 Å². The Morgan fingerprint density at radius 3 is 2.21 bits per heavy atom. The van der Waals surface area contributed by atoms with Crippen LogP contribution in [0.5, 0.6) is 0 Å². The summed E-state index contributed by atoms with van der Waals surface area (Å²) < 4.78 is 42.9. The molecular formula is C15H22F3N3O3. The van der Waals surface area contributed by atoms with Gasteiger partial charge in [0.2, 0.25) is 0 Å². The lowest BCUT2D eigenvalue weighted by Crippen LogP contribution is -2.42. The van der Waals surface area contributed by atoms with E-state index in [1.807, 2.05) is 0 Å². The number of ether oxygens (including phenoxy) is 1. The second-order valence-electron chi connectivity index (χ2n) is 6.48. The first kappa shape index (κ1) is 20.1. The maximum Gasteiger partial charge on any atom is 0.434 e. The number of amides is 1. The molecule has 0 radical (unpaired) electrons. The fourth-order valence-corrected chi connectivity index (χ4v) is 1.86. The third-order valence-corrected chi connectivity index (χ3v) is 2.95. The monoisotopic (exact) mass is 349 g/mol. The van der Waals surface area contributed by atoms with Gasteiger partial charge in [0, 0.05) is 0 Å². The highest BCUT2D eigenvalue weighted by Crippen LogP contribution is 2.28. The van der Waals surface area contributed by atoms with Gasteiger partial charge in [-0.2, -0.15) is 13.2 Å². The molecular weight excluding hydrogens is 327 g/mol. The highest BCUT2D eigenvalue weighted by Gasteiger charge is 2.34. The minimum absolute atomic E-state index is 0.0568. The van der Waals surface area contributed by atoms with Crippen LogP contribution < -0.4 is 0 Å². The Morgan fingerprint density at radius 2 is 1.83 bits per heavy atom. The summed E-state index contributed by atoms with van der Waals surface area (Å²) in [6.07, 6.45) is -4.55. The smallest absolute Gasteiger partial charge is 0.434 e. The normalized spacial score (nSPS) is 14.9. The number of hydrogen-bond acceptors (Lipinski definition) is 5. The number of carbonyl (C=O) groups is 1. The van der Waals surface area contributed by atoms with Crippen LogP contribution >= 0.6 is 0 Å². The third-order valence-electron chi connectivity index (χ3n) is 2.95. The molecule has 1 amide bonds. The zero-order valence-electron chi connectivity index (χ0n) is 14.3. The van der Waals surface area contributed by atoms with Gasteiger partial charge in [0.25, 0.3) is 0 Å². The molecule has 1 aromatic heterocycles. The zero-order valence-corrected chi connectivity index (χ0v) is 14.3. The molecule has 0 saturated carbocycles. The van der Waals surface area contributed by atoms with Crippen molar-refractivity contribution in [3.63, 3.8) is 0 Å². The van der Waals surface area contributed by atoms with E-state index in [0.29, 0.717) is 6.20 Å². The first-order chi connectivity index (χ1) is 10.8. The molecule has 24 heavy (non-hydrogen) atoms. The van der Waals surface area contributed by atoms with Crippen molar-refractivity contribution in [3.05, 3.63) is 23.8 Å². The largest absolute Gasteiger partial charge is 0.444 e. The summed E-state index contributed by atoms with van der Waals surface area (Å²) in [5.41, 5.74) is -1.70. The highest BCUT2D eigenvalue weighted by atomic mass is 19.4. The van der Waals surface area contributed by atoms with E-state index in [9.17, 15) is 23.1 Å². The number of aromatic nitrogens is 2. The summed E-state index contributed by atoms with van der Waals surface area (Å²) in [4.78, 5) is 20.6. The van der Waals surface area contributed by atoms with Crippen molar-refractivity contribution in [2.75, 3.05) is 6.54 Å². The van der Waals surface area contributed by atoms with Gasteiger partial charge in [-0.3, -0.25) is 9.88 Å². The molecule has 1 unspecified atom stereocenters. The second-order valence-corrected chi connectivity index (χ2v) is 6.48. The van der Waals surface area contributed by atoms with Crippen molar-refractivity contribution < 1.29 is 27.8 Å². The van der Waals surface area contributed by atoms with Crippen LogP contribution in [-0.4, -0.2) is 44.3 Å². The molecule has 1 heterocycles. The van der Waals surface area contributed by atoms with Crippen LogP contribution in [0.3, 0.4) is 0 Å². The fraction of sp³-hybridized carbons (Fsp3) is 0.667. The average molecular weight is 349 g/mol. The number of carbonyl (C=O) groups excluding carboxylic acids is 1. The Bertz CT molecular complexity index is 554. The number of alkyl halides is 3. The number of aliphatic hydroxyl groups is 1. The Hall–Kier alpha value is -1.90. The van der Waals surface area contributed by atoms with Crippen LogP contribution in [0.2, 0.25) is 0 Å². The van der Waals surface area contributed by atoms with Crippen LogP contribution in [0.4, 0.5) is 18.0 Å². The van der Waals surface area contributed by atoms with E-state index in [-0.39, 0.29) is 12.2 Å². The molecule has 2 atom stereocenters. The minimum Gasteiger partial charge on any atom is -0.444 e. The standard InChI is InChI=1S/C15H22F3N3O3/c1-9(22)8-21(13(23)24-14(3,4)5)10(2)11-6-20-12(7-19-11)15(16,17)18/h6-7,9-10,22H,8H2,1-5H3/t9-,10?/m0/s1. The maximum absolute atomic E-state index is 12.5. The number of halogens is 3. The molecule has 0 fully saturated rings. The first-order valence-electron chi connectivity index (χ1n) is 7.38. The van der Waals surface area contributed by atoms with Gasteiger partial charge < -0.3 is 9.84 Å². The summed E-state index contributed by atoms with van der Waals surface area (Å²) >= 11 is 0. The van der Waals surface area contributed by atoms with Gasteiger partial charge in [0.1, 0.15) is 5.60 Å². The molecule has 1 rings (SSSR count). The van der Waals surface area contributed by atoms with Crippen molar-refractivity contribution in [1.82, 2.24) is 14.9 Å². The van der Waals surface area contributed by atoms with Crippen molar-refractivity contribution in [2.24, 2.45) is 0 Å². The molecule has 0 aliphatic heterocycles. The van der Waals surface area contributed by atoms with Crippen molar-refractivity contribution >= 4 is 6.09 Å². The number of aliphatic hydroxyl groups excluding tert-OH is 1. The average Bonchev–Trinajstić information content (AvgIpc) is 2.41. The highest BCUT2D eigenvalue weighted by molar-refractivity contribution is 5.68. The number of nitrogens with zero attached hydrogens (tertiary/aromatic N) is 3. The second kappa shape index (κ2) is 7.33. The van der Waals surface area contributed by atoms with Crippen molar-refractivity contribution in [2.45, 2.75) is 58.5 Å². The van der Waals surface area contributed by atoms with Crippen molar-refractivity contribution in [3.8, 4) is 0 Å². The molecule has 0 aliphatic rings. The topological polar surface area (TPSA) is 75.5 Å². The molecule has 136 valence electrons. The van der Waals surface area contributed by atoms with Crippen LogP contribution in [0.25, 0.3) is 0 Å². The van der Waals surface area contributed by atoms with Crippen LogP contribution in [0, 0.1) is 0 Å². The van der Waals surface area contributed by atoms with Crippen molar-refractivity contribution in [1.29, 1.82) is 0 Å². The van der Waals surface area contributed by atoms with Gasteiger partial charge >= 0.3 is 12.3 Å². The summed E-state index contributed by atoms with van der Waals surface area (Å²) in [5.74, 6) is 0. The molecule has 0 aliphatic carbocycles. The summed E-state index contributed by atoms with van der Waals surface area (Å²) in [6.45, 7) is 8.07. The SMILES string of the molecule is CC(c1cnc(C(F)(F)F)cn1)N(C[C@H](C)O)C(=O)OC(C)(C)C. The molecule has 0 spiro atoms. The lowest BCUT2D eigenvalue weighted by Gasteiger charge is -2.32. The maximum atomic E-state index is 12.5. The van der Waals surface area contributed by atoms with Crippen LogP contribution in [0.15, 0.2) is 12.4 Å². The fourth-order valence-electron chi connectivity index (χ4n) is 1.86. The van der Waals surface area contributed by atoms with E-state index in [1.54, 1.807) is 27.7 Å². The van der Waals surface area contributed by atoms with Gasteiger partial charge in [-0.25, -0.2) is 9.78 Å². The summed E-state index contributed by atoms with van der Waals surface area (Å²) in [7, 11) is 0. The van der Waals surface area contributed by atoms with E-state index in [1.165, 1.54) is 11.8 Å². The summed E-state index contributed by atoms with van der Waals surface area (Å²) in [5, 5.41) is 9.58. The van der Waals surface area contributed by atoms with E-state index in [0.717, 1.165) is 6.20 Å². The molecule has 1 N–H and O–H groups in total. The Balaban J connectivity index is 3.03. The number of rotatable bonds is 4. The van der Waals surface area contributed by atoms with Gasteiger partial charge in [-0.1, -0.05) is 0 Å². The minimum atomic E-state index is -4.58. The molecule has 6 nitrogen and oxygen atoms in total. The first-order valence-corrected chi connectivity index (χ1v) is 7.38. The van der Waals surface area contributed by atoms with E-state index >= 15 is 0 Å². The van der Waals surface area contributed by atoms with E-state index in [4.69, 9.17) is 4.74 Å². The van der Waals surface area contributed by atoms with E-state index in [2.05, 4.69) is 9.97 Å². The number of hydrogen-bond donors (Lipinski definition) is 1. The third kappa shape index (κ3) is 5.95. The zero-order chi connectivity index (χ0) is 18.7. The van der Waals surface area contributed by atoms with Crippen LogP contribution in [-0.2, 0) is 10.9 Å².